The van der Waals surface area contributed by atoms with Crippen LogP contribution in [0, 0.1) is 6.92 Å². The fraction of sp³-hybridized carbons (Fsp3) is 0.231. The van der Waals surface area contributed by atoms with E-state index in [2.05, 4.69) is 5.10 Å². The van der Waals surface area contributed by atoms with Crippen LogP contribution in [-0.4, -0.2) is 22.4 Å². The van der Waals surface area contributed by atoms with E-state index in [0.29, 0.717) is 6.61 Å². The van der Waals surface area contributed by atoms with Crippen LogP contribution >= 0.6 is 11.6 Å². The Hall–Kier alpha value is -1.81. The van der Waals surface area contributed by atoms with Crippen molar-refractivity contribution in [3.63, 3.8) is 0 Å². The molecule has 4 nitrogen and oxygen atoms in total. The Kier molecular flexibility index (Phi) is 3.67. The van der Waals surface area contributed by atoms with Crippen molar-refractivity contribution in [1.29, 1.82) is 0 Å². The maximum atomic E-state index is 11.6. The van der Waals surface area contributed by atoms with Crippen LogP contribution in [0.5, 0.6) is 0 Å². The molecule has 2 rings (SSSR count). The number of esters is 1. The monoisotopic (exact) mass is 264 g/mol. The largest absolute Gasteiger partial charge is 0.461 e. The molecule has 0 atom stereocenters. The molecule has 0 aliphatic heterocycles. The summed E-state index contributed by atoms with van der Waals surface area (Å²) in [6, 6.07) is 7.76. The van der Waals surface area contributed by atoms with Gasteiger partial charge in [0.1, 0.15) is 0 Å². The number of hydrogen-bond acceptors (Lipinski definition) is 3. The lowest BCUT2D eigenvalue weighted by molar-refractivity contribution is 0.0519. The number of nitrogens with zero attached hydrogens (tertiary/aromatic N) is 2. The zero-order valence-corrected chi connectivity index (χ0v) is 10.9. The highest BCUT2D eigenvalue weighted by Crippen LogP contribution is 2.18. The molecule has 1 aromatic carbocycles. The maximum Gasteiger partial charge on any atom is 0.360 e. The normalized spacial score (nSPS) is 10.4. The zero-order chi connectivity index (χ0) is 13.1. The van der Waals surface area contributed by atoms with Crippen LogP contribution in [0.4, 0.5) is 0 Å². The minimum Gasteiger partial charge on any atom is -0.461 e. The van der Waals surface area contributed by atoms with Crippen LogP contribution in [0.15, 0.2) is 30.5 Å². The summed E-state index contributed by atoms with van der Waals surface area (Å²) in [7, 11) is 0. The van der Waals surface area contributed by atoms with Crippen LogP contribution in [0.1, 0.15) is 23.0 Å². The third-order valence-corrected chi connectivity index (χ3v) is 2.68. The molecule has 0 unspecified atom stereocenters. The van der Waals surface area contributed by atoms with Crippen LogP contribution in [0.2, 0.25) is 5.02 Å². The highest BCUT2D eigenvalue weighted by molar-refractivity contribution is 6.33. The summed E-state index contributed by atoms with van der Waals surface area (Å²) in [6.45, 7) is 4.02. The molecular weight excluding hydrogens is 252 g/mol. The molecule has 1 heterocycles. The minimum absolute atomic E-state index is 0.139. The van der Waals surface area contributed by atoms with Gasteiger partial charge in [-0.3, -0.25) is 0 Å². The van der Waals surface area contributed by atoms with Crippen molar-refractivity contribution < 1.29 is 9.53 Å². The van der Waals surface area contributed by atoms with Gasteiger partial charge in [-0.25, -0.2) is 9.48 Å². The summed E-state index contributed by atoms with van der Waals surface area (Å²) in [5.41, 5.74) is 2.10. The molecular formula is C13H13ClN2O2. The summed E-state index contributed by atoms with van der Waals surface area (Å²) in [6.07, 6.45) is 1.60. The molecule has 0 saturated heterocycles. The smallest absolute Gasteiger partial charge is 0.360 e. The predicted molar refractivity (Wildman–Crippen MR) is 69.3 cm³/mol. The van der Waals surface area contributed by atoms with Gasteiger partial charge in [0.05, 0.1) is 23.5 Å². The average molecular weight is 265 g/mol. The summed E-state index contributed by atoms with van der Waals surface area (Å²) >= 11 is 5.98. The van der Waals surface area contributed by atoms with Gasteiger partial charge in [0.25, 0.3) is 0 Å². The average Bonchev–Trinajstić information content (AvgIpc) is 2.72. The molecule has 0 bridgehead atoms. The van der Waals surface area contributed by atoms with E-state index in [0.717, 1.165) is 11.3 Å². The second-order valence-electron chi connectivity index (χ2n) is 3.83. The lowest BCUT2D eigenvalue weighted by Gasteiger charge is -2.01. The van der Waals surface area contributed by atoms with Crippen LogP contribution in [0.3, 0.4) is 0 Å². The van der Waals surface area contributed by atoms with Crippen molar-refractivity contribution in [3.05, 3.63) is 46.7 Å². The van der Waals surface area contributed by atoms with E-state index in [1.807, 2.05) is 31.2 Å². The Bertz CT molecular complexity index is 578. The standard InChI is InChI=1S/C13H13ClN2O2/c1-3-18-13(17)12-11(14)8-16(15-12)10-6-4-5-9(2)7-10/h4-8H,3H2,1-2H3. The fourth-order valence-electron chi connectivity index (χ4n) is 1.59. The van der Waals surface area contributed by atoms with Gasteiger partial charge in [0.2, 0.25) is 0 Å². The Morgan fingerprint density at radius 2 is 2.28 bits per heavy atom. The minimum atomic E-state index is -0.506. The van der Waals surface area contributed by atoms with Gasteiger partial charge in [-0.1, -0.05) is 23.7 Å². The highest BCUT2D eigenvalue weighted by atomic mass is 35.5. The van der Waals surface area contributed by atoms with E-state index < -0.39 is 5.97 Å². The number of carbonyl (C=O) groups excluding carboxylic acids is 1. The van der Waals surface area contributed by atoms with Crippen molar-refractivity contribution in [1.82, 2.24) is 9.78 Å². The van der Waals surface area contributed by atoms with Crippen molar-refractivity contribution in [2.24, 2.45) is 0 Å². The molecule has 0 aliphatic carbocycles. The van der Waals surface area contributed by atoms with Crippen molar-refractivity contribution in [2.75, 3.05) is 6.61 Å². The van der Waals surface area contributed by atoms with Crippen LogP contribution in [-0.2, 0) is 4.74 Å². The van der Waals surface area contributed by atoms with Crippen molar-refractivity contribution in [3.8, 4) is 5.69 Å². The van der Waals surface area contributed by atoms with E-state index >= 15 is 0 Å². The Labute approximate surface area is 110 Å². The lowest BCUT2D eigenvalue weighted by Crippen LogP contribution is -2.07. The molecule has 0 aliphatic rings. The molecule has 0 saturated carbocycles. The van der Waals surface area contributed by atoms with Crippen LogP contribution < -0.4 is 0 Å². The van der Waals surface area contributed by atoms with Gasteiger partial charge < -0.3 is 4.74 Å². The van der Waals surface area contributed by atoms with E-state index in [4.69, 9.17) is 16.3 Å². The number of halogens is 1. The molecule has 1 aromatic heterocycles. The molecule has 0 fully saturated rings. The summed E-state index contributed by atoms with van der Waals surface area (Å²) in [5, 5.41) is 4.44. The second-order valence-corrected chi connectivity index (χ2v) is 4.24. The lowest BCUT2D eigenvalue weighted by atomic mass is 10.2. The van der Waals surface area contributed by atoms with Crippen molar-refractivity contribution in [2.45, 2.75) is 13.8 Å². The maximum absolute atomic E-state index is 11.6. The van der Waals surface area contributed by atoms with Gasteiger partial charge in [0, 0.05) is 0 Å². The molecule has 94 valence electrons. The Balaban J connectivity index is 2.37. The van der Waals surface area contributed by atoms with Gasteiger partial charge in [-0.2, -0.15) is 5.10 Å². The van der Waals surface area contributed by atoms with Gasteiger partial charge in [-0.05, 0) is 31.5 Å². The first-order valence-corrected chi connectivity index (χ1v) is 5.99. The third kappa shape index (κ3) is 2.54. The number of aryl methyl sites for hydroxylation is 1. The molecule has 0 spiro atoms. The van der Waals surface area contributed by atoms with Gasteiger partial charge in [0.15, 0.2) is 5.69 Å². The van der Waals surface area contributed by atoms with Gasteiger partial charge in [-0.15, -0.1) is 0 Å². The topological polar surface area (TPSA) is 44.1 Å². The second kappa shape index (κ2) is 5.23. The molecule has 18 heavy (non-hydrogen) atoms. The number of ether oxygens (including phenoxy) is 1. The summed E-state index contributed by atoms with van der Waals surface area (Å²) in [5.74, 6) is -0.506. The van der Waals surface area contributed by atoms with E-state index in [-0.39, 0.29) is 10.7 Å². The first kappa shape index (κ1) is 12.6. The summed E-state index contributed by atoms with van der Waals surface area (Å²) in [4.78, 5) is 11.6. The van der Waals surface area contributed by atoms with Crippen LogP contribution in [0.25, 0.3) is 5.69 Å². The zero-order valence-electron chi connectivity index (χ0n) is 10.2. The number of carbonyl (C=O) groups is 1. The van der Waals surface area contributed by atoms with Crippen molar-refractivity contribution >= 4 is 17.6 Å². The first-order valence-electron chi connectivity index (χ1n) is 5.61. The number of aromatic nitrogens is 2. The number of benzene rings is 1. The molecule has 5 heteroatoms. The Morgan fingerprint density at radius 1 is 1.50 bits per heavy atom. The first-order chi connectivity index (χ1) is 8.61. The van der Waals surface area contributed by atoms with E-state index in [1.54, 1.807) is 17.8 Å². The fourth-order valence-corrected chi connectivity index (χ4v) is 1.80. The SMILES string of the molecule is CCOC(=O)c1nn(-c2cccc(C)c2)cc1Cl. The highest BCUT2D eigenvalue weighted by Gasteiger charge is 2.17. The quantitative estimate of drug-likeness (QED) is 0.801. The van der Waals surface area contributed by atoms with Gasteiger partial charge >= 0.3 is 5.97 Å². The summed E-state index contributed by atoms with van der Waals surface area (Å²) < 4.78 is 6.45. The number of rotatable bonds is 3. The third-order valence-electron chi connectivity index (χ3n) is 2.40. The molecule has 0 N–H and O–H groups in total. The predicted octanol–water partition coefficient (Wildman–Crippen LogP) is 3.01. The van der Waals surface area contributed by atoms with E-state index in [1.165, 1.54) is 0 Å². The Morgan fingerprint density at radius 3 is 2.94 bits per heavy atom. The number of hydrogen-bond donors (Lipinski definition) is 0. The van der Waals surface area contributed by atoms with E-state index in [9.17, 15) is 4.79 Å². The molecule has 0 radical (unpaired) electrons. The molecule has 0 amide bonds. The molecule has 2 aromatic rings.